The number of nitrogens with one attached hydrogen (secondary N) is 1. The molecule has 0 rings (SSSR count). The van der Waals surface area contributed by atoms with E-state index < -0.39 is 16.0 Å². The lowest BCUT2D eigenvalue weighted by molar-refractivity contribution is -0.137. The highest BCUT2D eigenvalue weighted by molar-refractivity contribution is 7.89. The summed E-state index contributed by atoms with van der Waals surface area (Å²) >= 11 is 0. The Morgan fingerprint density at radius 2 is 1.83 bits per heavy atom. The van der Waals surface area contributed by atoms with E-state index in [0.29, 0.717) is 0 Å². The molecule has 0 aliphatic carbocycles. The summed E-state index contributed by atoms with van der Waals surface area (Å²) in [6.45, 7) is 4.10. The molecule has 1 unspecified atom stereocenters. The molecule has 5 nitrogen and oxygen atoms in total. The largest absolute Gasteiger partial charge is 0.481 e. The minimum atomic E-state index is -3.34. The highest BCUT2D eigenvalue weighted by Gasteiger charge is 2.17. The van der Waals surface area contributed by atoms with Crippen LogP contribution >= 0.6 is 0 Å². The fourth-order valence-corrected chi connectivity index (χ4v) is 3.17. The van der Waals surface area contributed by atoms with E-state index in [1.807, 2.05) is 6.92 Å². The van der Waals surface area contributed by atoms with Gasteiger partial charge in [0.25, 0.3) is 0 Å². The maximum Gasteiger partial charge on any atom is 0.303 e. The quantitative estimate of drug-likeness (QED) is 0.607. The van der Waals surface area contributed by atoms with Gasteiger partial charge >= 0.3 is 5.97 Å². The van der Waals surface area contributed by atoms with Gasteiger partial charge in [-0.05, 0) is 19.3 Å². The molecular formula is C12H25NO4S. The summed E-state index contributed by atoms with van der Waals surface area (Å²) in [6.07, 6.45) is 4.72. The van der Waals surface area contributed by atoms with Gasteiger partial charge in [0.05, 0.1) is 5.75 Å². The van der Waals surface area contributed by atoms with Crippen molar-refractivity contribution >= 4 is 16.0 Å². The van der Waals surface area contributed by atoms with Crippen LogP contribution < -0.4 is 4.72 Å². The van der Waals surface area contributed by atoms with E-state index in [2.05, 4.69) is 11.6 Å². The second-order valence-corrected chi connectivity index (χ2v) is 6.44. The predicted octanol–water partition coefficient (Wildman–Crippen LogP) is 2.13. The van der Waals surface area contributed by atoms with Crippen molar-refractivity contribution in [1.29, 1.82) is 0 Å². The van der Waals surface area contributed by atoms with E-state index in [9.17, 15) is 13.2 Å². The molecule has 0 aromatic heterocycles. The normalized spacial score (nSPS) is 13.4. The number of carbonyl (C=O) groups is 1. The minimum Gasteiger partial charge on any atom is -0.481 e. The van der Waals surface area contributed by atoms with Crippen molar-refractivity contribution < 1.29 is 18.3 Å². The summed E-state index contributed by atoms with van der Waals surface area (Å²) in [6, 6.07) is -0.00946. The van der Waals surface area contributed by atoms with Crippen LogP contribution in [0, 0.1) is 0 Å². The fraction of sp³-hybridized carbons (Fsp3) is 0.917. The molecule has 0 radical (unpaired) electrons. The zero-order valence-corrected chi connectivity index (χ0v) is 12.1. The Bertz CT molecular complexity index is 327. The molecule has 0 saturated heterocycles. The molecule has 0 bridgehead atoms. The van der Waals surface area contributed by atoms with Crippen LogP contribution in [0.25, 0.3) is 0 Å². The molecule has 0 fully saturated rings. The molecule has 1 atom stereocenters. The first-order chi connectivity index (χ1) is 8.41. The maximum atomic E-state index is 11.8. The summed E-state index contributed by atoms with van der Waals surface area (Å²) in [4.78, 5) is 10.3. The Labute approximate surface area is 110 Å². The van der Waals surface area contributed by atoms with E-state index in [0.717, 1.165) is 32.1 Å². The van der Waals surface area contributed by atoms with Gasteiger partial charge in [0.2, 0.25) is 10.0 Å². The minimum absolute atomic E-state index is 0.00946. The zero-order valence-electron chi connectivity index (χ0n) is 11.3. The number of unbranched alkanes of at least 4 members (excludes halogenated alkanes) is 1. The molecule has 0 aliphatic heterocycles. The van der Waals surface area contributed by atoms with Crippen LogP contribution in [-0.2, 0) is 14.8 Å². The molecule has 18 heavy (non-hydrogen) atoms. The predicted molar refractivity (Wildman–Crippen MR) is 72.0 cm³/mol. The number of hydrogen-bond acceptors (Lipinski definition) is 3. The summed E-state index contributed by atoms with van der Waals surface area (Å²) in [5.41, 5.74) is 0. The van der Waals surface area contributed by atoms with Crippen molar-refractivity contribution in [2.45, 2.75) is 64.8 Å². The number of carboxylic acid groups (broad SMARTS) is 1. The molecular weight excluding hydrogens is 254 g/mol. The number of rotatable bonds is 11. The van der Waals surface area contributed by atoms with E-state index >= 15 is 0 Å². The number of hydrogen-bond donors (Lipinski definition) is 2. The zero-order chi connectivity index (χ0) is 14.0. The maximum absolute atomic E-state index is 11.8. The Morgan fingerprint density at radius 1 is 1.17 bits per heavy atom. The van der Waals surface area contributed by atoms with Crippen molar-refractivity contribution in [2.75, 3.05) is 5.75 Å². The number of sulfonamides is 1. The van der Waals surface area contributed by atoms with Gasteiger partial charge in [-0.25, -0.2) is 13.1 Å². The highest BCUT2D eigenvalue weighted by Crippen LogP contribution is 2.09. The molecule has 6 heteroatoms. The van der Waals surface area contributed by atoms with Gasteiger partial charge in [-0.2, -0.15) is 0 Å². The molecule has 0 amide bonds. The summed E-state index contributed by atoms with van der Waals surface area (Å²) < 4.78 is 26.2. The average Bonchev–Trinajstić information content (AvgIpc) is 2.25. The third kappa shape index (κ3) is 9.41. The molecule has 0 aromatic carbocycles. The van der Waals surface area contributed by atoms with Crippen LogP contribution in [0.1, 0.15) is 58.8 Å². The van der Waals surface area contributed by atoms with Crippen LogP contribution in [0.2, 0.25) is 0 Å². The lowest BCUT2D eigenvalue weighted by Gasteiger charge is -2.17. The second kappa shape index (κ2) is 9.33. The lowest BCUT2D eigenvalue weighted by Crippen LogP contribution is -2.36. The second-order valence-electron chi connectivity index (χ2n) is 4.56. The molecule has 0 spiro atoms. The molecule has 0 aliphatic rings. The van der Waals surface area contributed by atoms with Gasteiger partial charge in [-0.1, -0.05) is 33.1 Å². The Morgan fingerprint density at radius 3 is 2.33 bits per heavy atom. The third-order valence-electron chi connectivity index (χ3n) is 2.69. The topological polar surface area (TPSA) is 83.5 Å². The van der Waals surface area contributed by atoms with Gasteiger partial charge in [0.15, 0.2) is 0 Å². The molecule has 2 N–H and O–H groups in total. The third-order valence-corrected chi connectivity index (χ3v) is 4.21. The summed E-state index contributed by atoms with van der Waals surface area (Å²) in [5, 5.41) is 8.48. The molecule has 108 valence electrons. The van der Waals surface area contributed by atoms with Crippen molar-refractivity contribution in [3.05, 3.63) is 0 Å². The fourth-order valence-electron chi connectivity index (χ4n) is 1.79. The van der Waals surface area contributed by atoms with Crippen LogP contribution in [0.3, 0.4) is 0 Å². The SMILES string of the molecule is CCCCC(CCC)NS(=O)(=O)CCCC(=O)O. The van der Waals surface area contributed by atoms with Crippen LogP contribution in [0.4, 0.5) is 0 Å². The van der Waals surface area contributed by atoms with Crippen LogP contribution in [-0.4, -0.2) is 31.3 Å². The molecule has 0 aromatic rings. The Kier molecular flexibility index (Phi) is 9.01. The van der Waals surface area contributed by atoms with Gasteiger partial charge < -0.3 is 5.11 Å². The smallest absolute Gasteiger partial charge is 0.303 e. The number of carboxylic acids is 1. The van der Waals surface area contributed by atoms with Gasteiger partial charge in [-0.15, -0.1) is 0 Å². The van der Waals surface area contributed by atoms with Crippen molar-refractivity contribution in [2.24, 2.45) is 0 Å². The Hall–Kier alpha value is -0.620. The summed E-state index contributed by atoms with van der Waals surface area (Å²) in [5.74, 6) is -1.06. The van der Waals surface area contributed by atoms with E-state index in [1.54, 1.807) is 0 Å². The van der Waals surface area contributed by atoms with Crippen molar-refractivity contribution in [1.82, 2.24) is 4.72 Å². The van der Waals surface area contributed by atoms with Gasteiger partial charge in [0, 0.05) is 12.5 Å². The highest BCUT2D eigenvalue weighted by atomic mass is 32.2. The van der Waals surface area contributed by atoms with Gasteiger partial charge in [-0.3, -0.25) is 4.79 Å². The first kappa shape index (κ1) is 17.4. The van der Waals surface area contributed by atoms with Crippen LogP contribution in [0.15, 0.2) is 0 Å². The van der Waals surface area contributed by atoms with Crippen molar-refractivity contribution in [3.63, 3.8) is 0 Å². The molecule has 0 heterocycles. The monoisotopic (exact) mass is 279 g/mol. The Balaban J connectivity index is 4.18. The standard InChI is InChI=1S/C12H25NO4S/c1-3-5-8-11(7-4-2)13-18(16,17)10-6-9-12(14)15/h11,13H,3-10H2,1-2H3,(H,14,15). The summed E-state index contributed by atoms with van der Waals surface area (Å²) in [7, 11) is -3.34. The van der Waals surface area contributed by atoms with Crippen LogP contribution in [0.5, 0.6) is 0 Å². The molecule has 0 saturated carbocycles. The van der Waals surface area contributed by atoms with E-state index in [1.165, 1.54) is 0 Å². The number of aliphatic carboxylic acids is 1. The van der Waals surface area contributed by atoms with Gasteiger partial charge in [0.1, 0.15) is 0 Å². The van der Waals surface area contributed by atoms with Crippen molar-refractivity contribution in [3.8, 4) is 0 Å². The lowest BCUT2D eigenvalue weighted by atomic mass is 10.1. The van der Waals surface area contributed by atoms with E-state index in [4.69, 9.17) is 5.11 Å². The van der Waals surface area contributed by atoms with E-state index in [-0.39, 0.29) is 24.6 Å². The first-order valence-corrected chi connectivity index (χ1v) is 8.28. The average molecular weight is 279 g/mol. The first-order valence-electron chi connectivity index (χ1n) is 6.63.